The molecule has 0 aromatic heterocycles. The summed E-state index contributed by atoms with van der Waals surface area (Å²) >= 11 is 0. The zero-order chi connectivity index (χ0) is 18.9. The minimum atomic E-state index is -0.638. The average molecular weight is 370 g/mol. The van der Waals surface area contributed by atoms with Gasteiger partial charge in [0.05, 0.1) is 6.67 Å². The number of carbonyl (C=O) groups excluding carboxylic acids is 2. The quantitative estimate of drug-likeness (QED) is 0.828. The van der Waals surface area contributed by atoms with Crippen LogP contribution >= 0.6 is 0 Å². The Balaban J connectivity index is 1.32. The largest absolute Gasteiger partial charge is 0.326 e. The van der Waals surface area contributed by atoms with Crippen molar-refractivity contribution in [2.45, 2.75) is 57.4 Å². The lowest BCUT2D eigenvalue weighted by molar-refractivity contribution is -0.135. The molecule has 1 saturated carbocycles. The van der Waals surface area contributed by atoms with Crippen molar-refractivity contribution in [1.82, 2.24) is 15.1 Å². The second kappa shape index (κ2) is 7.63. The Morgan fingerprint density at radius 1 is 1.07 bits per heavy atom. The van der Waals surface area contributed by atoms with E-state index in [-0.39, 0.29) is 17.9 Å². The molecular formula is C22H31N3O2. The van der Waals surface area contributed by atoms with E-state index in [1.807, 2.05) is 0 Å². The van der Waals surface area contributed by atoms with Gasteiger partial charge in [0.1, 0.15) is 5.54 Å². The standard InChI is InChI=1S/C22H31N3O2/c1-17-7-5-6-12-22(17)20(26)25(21(27)23-22)16-24-13-10-19(11-14-24)15-18-8-3-2-4-9-18/h2-4,8-9,17,19H,5-7,10-16H2,1H3,(H,23,27)/t17-,22-/m1/s1. The van der Waals surface area contributed by atoms with Crippen LogP contribution in [0, 0.1) is 11.8 Å². The van der Waals surface area contributed by atoms with Crippen molar-refractivity contribution in [1.29, 1.82) is 0 Å². The third-order valence-corrected chi connectivity index (χ3v) is 6.92. The number of hydrogen-bond donors (Lipinski definition) is 1. The van der Waals surface area contributed by atoms with Gasteiger partial charge < -0.3 is 5.32 Å². The molecule has 4 rings (SSSR count). The molecule has 2 aliphatic heterocycles. The van der Waals surface area contributed by atoms with Gasteiger partial charge in [0.2, 0.25) is 0 Å². The topological polar surface area (TPSA) is 52.7 Å². The molecule has 3 fully saturated rings. The van der Waals surface area contributed by atoms with E-state index in [1.165, 1.54) is 10.5 Å². The smallest absolute Gasteiger partial charge is 0.323 e. The maximum Gasteiger partial charge on any atom is 0.326 e. The molecule has 146 valence electrons. The lowest BCUT2D eigenvalue weighted by atomic mass is 9.73. The van der Waals surface area contributed by atoms with Crippen LogP contribution in [-0.4, -0.2) is 47.0 Å². The lowest BCUT2D eigenvalue weighted by Crippen LogP contribution is -2.54. The summed E-state index contributed by atoms with van der Waals surface area (Å²) in [6.45, 7) is 4.46. The third-order valence-electron chi connectivity index (χ3n) is 6.92. The highest BCUT2D eigenvalue weighted by molar-refractivity contribution is 6.07. The first-order valence-electron chi connectivity index (χ1n) is 10.5. The summed E-state index contributed by atoms with van der Waals surface area (Å²) < 4.78 is 0. The van der Waals surface area contributed by atoms with Gasteiger partial charge >= 0.3 is 6.03 Å². The summed E-state index contributed by atoms with van der Waals surface area (Å²) in [6, 6.07) is 10.5. The molecule has 0 bridgehead atoms. The summed E-state index contributed by atoms with van der Waals surface area (Å²) in [7, 11) is 0. The second-order valence-corrected chi connectivity index (χ2v) is 8.67. The zero-order valence-electron chi connectivity index (χ0n) is 16.3. The molecule has 1 aliphatic carbocycles. The van der Waals surface area contributed by atoms with E-state index < -0.39 is 5.54 Å². The molecule has 1 spiro atoms. The van der Waals surface area contributed by atoms with Gasteiger partial charge in [0.15, 0.2) is 0 Å². The number of carbonyl (C=O) groups is 2. The van der Waals surface area contributed by atoms with E-state index in [0.29, 0.717) is 12.6 Å². The molecule has 3 aliphatic rings. The van der Waals surface area contributed by atoms with Crippen molar-refractivity contribution in [3.63, 3.8) is 0 Å². The summed E-state index contributed by atoms with van der Waals surface area (Å²) in [5.74, 6) is 0.923. The van der Waals surface area contributed by atoms with Crippen molar-refractivity contribution in [2.24, 2.45) is 11.8 Å². The highest BCUT2D eigenvalue weighted by Crippen LogP contribution is 2.38. The molecule has 3 amide bonds. The van der Waals surface area contributed by atoms with Crippen LogP contribution in [0.15, 0.2) is 30.3 Å². The predicted molar refractivity (Wildman–Crippen MR) is 105 cm³/mol. The molecule has 1 aromatic carbocycles. The number of likely N-dealkylation sites (tertiary alicyclic amines) is 1. The highest BCUT2D eigenvalue weighted by atomic mass is 16.2. The van der Waals surface area contributed by atoms with E-state index in [9.17, 15) is 9.59 Å². The Labute approximate surface area is 162 Å². The molecule has 0 radical (unpaired) electrons. The lowest BCUT2D eigenvalue weighted by Gasteiger charge is -2.37. The van der Waals surface area contributed by atoms with E-state index >= 15 is 0 Å². The van der Waals surface area contributed by atoms with Crippen molar-refractivity contribution in [2.75, 3.05) is 19.8 Å². The molecule has 5 heteroatoms. The first-order valence-corrected chi connectivity index (χ1v) is 10.5. The Hall–Kier alpha value is -1.88. The van der Waals surface area contributed by atoms with Gasteiger partial charge in [-0.05, 0) is 49.5 Å². The summed E-state index contributed by atoms with van der Waals surface area (Å²) in [6.07, 6.45) is 7.35. The number of nitrogens with zero attached hydrogens (tertiary/aromatic N) is 2. The Morgan fingerprint density at radius 3 is 2.52 bits per heavy atom. The van der Waals surface area contributed by atoms with Gasteiger partial charge in [-0.1, -0.05) is 50.1 Å². The molecule has 2 heterocycles. The van der Waals surface area contributed by atoms with Crippen LogP contribution in [0.4, 0.5) is 4.79 Å². The number of imide groups is 1. The molecule has 27 heavy (non-hydrogen) atoms. The molecule has 5 nitrogen and oxygen atoms in total. The van der Waals surface area contributed by atoms with E-state index in [2.05, 4.69) is 47.5 Å². The SMILES string of the molecule is C[C@@H]1CCCC[C@@]12NC(=O)N(CN1CCC(Cc3ccccc3)CC1)C2=O. The number of piperidine rings is 1. The van der Waals surface area contributed by atoms with Gasteiger partial charge in [-0.3, -0.25) is 9.69 Å². The van der Waals surface area contributed by atoms with Crippen molar-refractivity contribution >= 4 is 11.9 Å². The normalized spacial score (nSPS) is 30.1. The zero-order valence-corrected chi connectivity index (χ0v) is 16.3. The van der Waals surface area contributed by atoms with E-state index in [4.69, 9.17) is 0 Å². The molecule has 2 saturated heterocycles. The fraction of sp³-hybridized carbons (Fsp3) is 0.636. The number of hydrogen-bond acceptors (Lipinski definition) is 3. The van der Waals surface area contributed by atoms with Gasteiger partial charge in [-0.25, -0.2) is 9.69 Å². The predicted octanol–water partition coefficient (Wildman–Crippen LogP) is 3.40. The molecular weight excluding hydrogens is 338 g/mol. The van der Waals surface area contributed by atoms with Crippen LogP contribution in [-0.2, 0) is 11.2 Å². The van der Waals surface area contributed by atoms with E-state index in [0.717, 1.165) is 58.0 Å². The van der Waals surface area contributed by atoms with Crippen LogP contribution in [0.5, 0.6) is 0 Å². The monoisotopic (exact) mass is 369 g/mol. The number of nitrogens with one attached hydrogen (secondary N) is 1. The first-order chi connectivity index (χ1) is 13.1. The molecule has 1 N–H and O–H groups in total. The molecule has 0 unspecified atom stereocenters. The average Bonchev–Trinajstić information content (AvgIpc) is 2.91. The highest BCUT2D eigenvalue weighted by Gasteiger charge is 2.55. The Kier molecular flexibility index (Phi) is 5.22. The van der Waals surface area contributed by atoms with Gasteiger partial charge in [0.25, 0.3) is 5.91 Å². The van der Waals surface area contributed by atoms with E-state index in [1.54, 1.807) is 0 Å². The van der Waals surface area contributed by atoms with Crippen LogP contribution in [0.1, 0.15) is 51.0 Å². The minimum absolute atomic E-state index is 0.00566. The van der Waals surface area contributed by atoms with Crippen LogP contribution in [0.2, 0.25) is 0 Å². The van der Waals surface area contributed by atoms with Crippen LogP contribution in [0.3, 0.4) is 0 Å². The molecule has 2 atom stereocenters. The maximum atomic E-state index is 13.1. The van der Waals surface area contributed by atoms with Gasteiger partial charge in [-0.15, -0.1) is 0 Å². The summed E-state index contributed by atoms with van der Waals surface area (Å²) in [5, 5.41) is 3.06. The molecule has 1 aromatic rings. The number of urea groups is 1. The number of benzene rings is 1. The van der Waals surface area contributed by atoms with Crippen LogP contribution in [0.25, 0.3) is 0 Å². The Morgan fingerprint density at radius 2 is 1.81 bits per heavy atom. The van der Waals surface area contributed by atoms with Crippen molar-refractivity contribution in [3.05, 3.63) is 35.9 Å². The number of rotatable bonds is 4. The van der Waals surface area contributed by atoms with Crippen LogP contribution < -0.4 is 5.32 Å². The van der Waals surface area contributed by atoms with Crippen molar-refractivity contribution < 1.29 is 9.59 Å². The third kappa shape index (κ3) is 3.62. The minimum Gasteiger partial charge on any atom is -0.323 e. The second-order valence-electron chi connectivity index (χ2n) is 8.67. The fourth-order valence-corrected chi connectivity index (χ4v) is 5.10. The first kappa shape index (κ1) is 18.5. The summed E-state index contributed by atoms with van der Waals surface area (Å²) in [4.78, 5) is 29.4. The van der Waals surface area contributed by atoms with Crippen molar-refractivity contribution in [3.8, 4) is 0 Å². The fourth-order valence-electron chi connectivity index (χ4n) is 5.10. The van der Waals surface area contributed by atoms with Gasteiger partial charge in [-0.2, -0.15) is 0 Å². The summed E-state index contributed by atoms with van der Waals surface area (Å²) in [5.41, 5.74) is 0.763. The number of amides is 3. The maximum absolute atomic E-state index is 13.1. The van der Waals surface area contributed by atoms with Gasteiger partial charge in [0, 0.05) is 13.1 Å². The Bertz CT molecular complexity index is 684.